The third-order valence-corrected chi connectivity index (χ3v) is 3.86. The van der Waals surface area contributed by atoms with Crippen molar-refractivity contribution in [1.82, 2.24) is 20.2 Å². The minimum atomic E-state index is 0.830. The lowest BCUT2D eigenvalue weighted by Gasteiger charge is -2.03. The van der Waals surface area contributed by atoms with E-state index in [1.165, 1.54) is 0 Å². The topological polar surface area (TPSA) is 66.5 Å². The van der Waals surface area contributed by atoms with Crippen LogP contribution in [0.2, 0.25) is 0 Å². The monoisotopic (exact) mass is 285 g/mol. The molecule has 0 saturated carbocycles. The van der Waals surface area contributed by atoms with Gasteiger partial charge in [0.2, 0.25) is 0 Å². The van der Waals surface area contributed by atoms with E-state index < -0.39 is 0 Å². The van der Waals surface area contributed by atoms with Gasteiger partial charge in [0.15, 0.2) is 5.13 Å². The molecule has 0 amide bonds. The van der Waals surface area contributed by atoms with Crippen LogP contribution in [0.15, 0.2) is 30.6 Å². The largest absolute Gasteiger partial charge is 0.316 e. The summed E-state index contributed by atoms with van der Waals surface area (Å²) in [5, 5.41) is 10.9. The van der Waals surface area contributed by atoms with E-state index in [2.05, 4.69) is 39.3 Å². The number of thiazole rings is 1. The third-order valence-electron chi connectivity index (χ3n) is 2.97. The number of aromatic nitrogens is 4. The minimum Gasteiger partial charge on any atom is -0.316 e. The Kier molecular flexibility index (Phi) is 3.47. The molecular weight excluding hydrogens is 270 g/mol. The normalized spacial score (nSPS) is 10.7. The van der Waals surface area contributed by atoms with Gasteiger partial charge >= 0.3 is 0 Å². The van der Waals surface area contributed by atoms with Gasteiger partial charge in [-0.05, 0) is 25.5 Å². The molecule has 102 valence electrons. The molecule has 0 spiro atoms. The molecule has 2 N–H and O–H groups in total. The van der Waals surface area contributed by atoms with Crippen LogP contribution in [-0.2, 0) is 6.42 Å². The number of nitrogens with zero attached hydrogens (tertiary/aromatic N) is 3. The number of anilines is 2. The van der Waals surface area contributed by atoms with E-state index in [1.54, 1.807) is 17.5 Å². The molecule has 20 heavy (non-hydrogen) atoms. The van der Waals surface area contributed by atoms with Gasteiger partial charge in [-0.25, -0.2) is 9.97 Å². The van der Waals surface area contributed by atoms with Crippen LogP contribution >= 0.6 is 11.3 Å². The highest BCUT2D eigenvalue weighted by molar-refractivity contribution is 7.16. The van der Waals surface area contributed by atoms with E-state index in [1.807, 2.05) is 24.4 Å². The molecule has 0 radical (unpaired) electrons. The van der Waals surface area contributed by atoms with E-state index >= 15 is 0 Å². The summed E-state index contributed by atoms with van der Waals surface area (Å²) in [6.45, 7) is 4.15. The first-order valence-electron chi connectivity index (χ1n) is 6.46. The first-order valence-corrected chi connectivity index (χ1v) is 7.27. The van der Waals surface area contributed by atoms with E-state index in [-0.39, 0.29) is 0 Å². The second kappa shape index (κ2) is 5.42. The Hall–Kier alpha value is -2.21. The van der Waals surface area contributed by atoms with Crippen LogP contribution in [0.5, 0.6) is 0 Å². The average Bonchev–Trinajstić information content (AvgIpc) is 3.08. The third kappa shape index (κ3) is 2.55. The van der Waals surface area contributed by atoms with Crippen molar-refractivity contribution in [2.24, 2.45) is 0 Å². The molecule has 0 atom stereocenters. The zero-order valence-corrected chi connectivity index (χ0v) is 12.2. The van der Waals surface area contributed by atoms with Gasteiger partial charge in [0.25, 0.3) is 0 Å². The summed E-state index contributed by atoms with van der Waals surface area (Å²) in [7, 11) is 0. The molecule has 3 aromatic heterocycles. The number of hydrogen-bond donors (Lipinski definition) is 2. The van der Waals surface area contributed by atoms with Crippen LogP contribution in [0.3, 0.4) is 0 Å². The van der Waals surface area contributed by atoms with Gasteiger partial charge in [-0.3, -0.25) is 5.10 Å². The molecule has 0 unspecified atom stereocenters. The zero-order valence-electron chi connectivity index (χ0n) is 11.3. The van der Waals surface area contributed by atoms with Crippen LogP contribution in [0.1, 0.15) is 17.5 Å². The summed E-state index contributed by atoms with van der Waals surface area (Å²) in [6.07, 6.45) is 4.55. The van der Waals surface area contributed by atoms with E-state index in [0.717, 1.165) is 39.2 Å². The van der Waals surface area contributed by atoms with Crippen molar-refractivity contribution < 1.29 is 0 Å². The number of aromatic amines is 1. The van der Waals surface area contributed by atoms with Crippen LogP contribution in [0.25, 0.3) is 11.3 Å². The van der Waals surface area contributed by atoms with Crippen LogP contribution in [0, 0.1) is 6.92 Å². The second-order valence-electron chi connectivity index (χ2n) is 4.40. The SMILES string of the molecule is CCc1cccc(Nc2nc(-c3cn[nH]c3)c(C)s2)n1. The molecule has 0 fully saturated rings. The van der Waals surface area contributed by atoms with Gasteiger partial charge in [-0.1, -0.05) is 13.0 Å². The Labute approximate surface area is 121 Å². The highest BCUT2D eigenvalue weighted by atomic mass is 32.1. The predicted octanol–water partition coefficient (Wildman–Crippen LogP) is 3.54. The number of aryl methyl sites for hydroxylation is 2. The molecule has 0 aliphatic rings. The summed E-state index contributed by atoms with van der Waals surface area (Å²) in [5.74, 6) is 0.830. The molecule has 3 rings (SSSR count). The molecule has 5 nitrogen and oxygen atoms in total. The Morgan fingerprint density at radius 2 is 2.20 bits per heavy atom. The second-order valence-corrected chi connectivity index (χ2v) is 5.61. The summed E-state index contributed by atoms with van der Waals surface area (Å²) in [5.41, 5.74) is 3.03. The predicted molar refractivity (Wildman–Crippen MR) is 81.3 cm³/mol. The summed E-state index contributed by atoms with van der Waals surface area (Å²) >= 11 is 1.62. The van der Waals surface area contributed by atoms with E-state index in [9.17, 15) is 0 Å². The fraction of sp³-hybridized carbons (Fsp3) is 0.214. The van der Waals surface area contributed by atoms with Crippen molar-refractivity contribution in [3.05, 3.63) is 41.2 Å². The van der Waals surface area contributed by atoms with Crippen LogP contribution < -0.4 is 5.32 Å². The lowest BCUT2D eigenvalue weighted by atomic mass is 10.2. The summed E-state index contributed by atoms with van der Waals surface area (Å²) in [6, 6.07) is 5.98. The lowest BCUT2D eigenvalue weighted by molar-refractivity contribution is 1.04. The number of nitrogens with one attached hydrogen (secondary N) is 2. The quantitative estimate of drug-likeness (QED) is 0.769. The number of rotatable bonds is 4. The molecule has 0 aliphatic carbocycles. The minimum absolute atomic E-state index is 0.830. The summed E-state index contributed by atoms with van der Waals surface area (Å²) in [4.78, 5) is 10.3. The van der Waals surface area contributed by atoms with E-state index in [4.69, 9.17) is 0 Å². The molecule has 0 saturated heterocycles. The van der Waals surface area contributed by atoms with Crippen molar-refractivity contribution in [1.29, 1.82) is 0 Å². The van der Waals surface area contributed by atoms with Crippen molar-refractivity contribution in [2.75, 3.05) is 5.32 Å². The molecule has 0 bridgehead atoms. The molecule has 0 aliphatic heterocycles. The van der Waals surface area contributed by atoms with Crippen molar-refractivity contribution in [3.8, 4) is 11.3 Å². The van der Waals surface area contributed by atoms with E-state index in [0.29, 0.717) is 0 Å². The Bertz CT molecular complexity index is 702. The fourth-order valence-electron chi connectivity index (χ4n) is 1.95. The van der Waals surface area contributed by atoms with Gasteiger partial charge in [0.05, 0.1) is 11.9 Å². The maximum Gasteiger partial charge on any atom is 0.189 e. The van der Waals surface area contributed by atoms with Crippen molar-refractivity contribution >= 4 is 22.3 Å². The first kappa shape index (κ1) is 12.8. The average molecular weight is 285 g/mol. The maximum absolute atomic E-state index is 4.61. The van der Waals surface area contributed by atoms with Gasteiger partial charge in [-0.15, -0.1) is 11.3 Å². The number of hydrogen-bond acceptors (Lipinski definition) is 5. The van der Waals surface area contributed by atoms with Crippen molar-refractivity contribution in [3.63, 3.8) is 0 Å². The molecule has 6 heteroatoms. The molecule has 3 heterocycles. The van der Waals surface area contributed by atoms with Crippen LogP contribution in [0.4, 0.5) is 10.9 Å². The first-order chi connectivity index (χ1) is 9.76. The van der Waals surface area contributed by atoms with Gasteiger partial charge in [0, 0.05) is 22.3 Å². The Morgan fingerprint density at radius 1 is 1.30 bits per heavy atom. The van der Waals surface area contributed by atoms with Gasteiger partial charge < -0.3 is 5.32 Å². The lowest BCUT2D eigenvalue weighted by Crippen LogP contribution is -1.95. The Morgan fingerprint density at radius 3 is 2.95 bits per heavy atom. The summed E-state index contributed by atoms with van der Waals surface area (Å²) < 4.78 is 0. The standard InChI is InChI=1S/C14H15N5S/c1-3-11-5-4-6-12(17-11)18-14-19-13(9(2)20-14)10-7-15-16-8-10/h4-8H,3H2,1-2H3,(H,15,16)(H,17,18,19). The van der Waals surface area contributed by atoms with Crippen LogP contribution in [-0.4, -0.2) is 20.2 Å². The molecule has 3 aromatic rings. The number of H-pyrrole nitrogens is 1. The molecular formula is C14H15N5S. The Balaban J connectivity index is 1.86. The maximum atomic E-state index is 4.61. The fourth-order valence-corrected chi connectivity index (χ4v) is 2.80. The van der Waals surface area contributed by atoms with Gasteiger partial charge in [0.1, 0.15) is 5.82 Å². The van der Waals surface area contributed by atoms with Crippen molar-refractivity contribution in [2.45, 2.75) is 20.3 Å². The van der Waals surface area contributed by atoms with Gasteiger partial charge in [-0.2, -0.15) is 5.10 Å². The molecule has 0 aromatic carbocycles. The zero-order chi connectivity index (χ0) is 13.9. The number of pyridine rings is 1. The highest BCUT2D eigenvalue weighted by Crippen LogP contribution is 2.31. The highest BCUT2D eigenvalue weighted by Gasteiger charge is 2.11. The smallest absolute Gasteiger partial charge is 0.189 e.